The lowest BCUT2D eigenvalue weighted by Crippen LogP contribution is -2.28. The summed E-state index contributed by atoms with van der Waals surface area (Å²) in [6.07, 6.45) is 1.74. The van der Waals surface area contributed by atoms with Crippen molar-refractivity contribution in [3.8, 4) is 5.75 Å². The van der Waals surface area contributed by atoms with Crippen LogP contribution in [0.25, 0.3) is 0 Å². The van der Waals surface area contributed by atoms with E-state index in [1.54, 1.807) is 25.1 Å². The Balaban J connectivity index is 1.77. The number of aryl methyl sites for hydroxylation is 4. The molecule has 2 heterocycles. The molecule has 0 N–H and O–H groups in total. The van der Waals surface area contributed by atoms with Gasteiger partial charge in [0.1, 0.15) is 18.1 Å². The van der Waals surface area contributed by atoms with Gasteiger partial charge in [-0.25, -0.2) is 0 Å². The topological polar surface area (TPSA) is 73.4 Å². The third-order valence-electron chi connectivity index (χ3n) is 4.81. The Bertz CT molecular complexity index is 954. The van der Waals surface area contributed by atoms with Gasteiger partial charge in [0.2, 0.25) is 0 Å². The molecule has 0 atom stereocenters. The average Bonchev–Trinajstić information content (AvgIpc) is 3.27. The Kier molecular flexibility index (Phi) is 5.82. The number of ether oxygens (including phenoxy) is 1. The standard InChI is InChI=1S/C21H26N4O3/c1-6-25-17(10-11-22-25)12-24(5)21(26)19-18(16(4)28-23-19)13-27-20-14(2)8-7-9-15(20)3/h7-11H,6,12-13H2,1-5H3. The molecule has 7 nitrogen and oxygen atoms in total. The van der Waals surface area contributed by atoms with Crippen molar-refractivity contribution < 1.29 is 14.1 Å². The number of hydrogen-bond acceptors (Lipinski definition) is 5. The van der Waals surface area contributed by atoms with Crippen LogP contribution in [0.15, 0.2) is 35.0 Å². The van der Waals surface area contributed by atoms with Crippen LogP contribution < -0.4 is 4.74 Å². The lowest BCUT2D eigenvalue weighted by molar-refractivity contribution is 0.0768. The molecule has 1 amide bonds. The summed E-state index contributed by atoms with van der Waals surface area (Å²) in [5.74, 6) is 1.20. The Labute approximate surface area is 164 Å². The Morgan fingerprint density at radius 2 is 1.93 bits per heavy atom. The van der Waals surface area contributed by atoms with Gasteiger partial charge in [0, 0.05) is 19.8 Å². The summed E-state index contributed by atoms with van der Waals surface area (Å²) in [4.78, 5) is 14.6. The molecule has 2 aromatic heterocycles. The quantitative estimate of drug-likeness (QED) is 0.623. The minimum Gasteiger partial charge on any atom is -0.488 e. The molecular weight excluding hydrogens is 356 g/mol. The van der Waals surface area contributed by atoms with Gasteiger partial charge in [0.05, 0.1) is 17.8 Å². The molecule has 0 radical (unpaired) electrons. The second kappa shape index (κ2) is 8.29. The van der Waals surface area contributed by atoms with E-state index in [1.807, 2.05) is 49.7 Å². The Morgan fingerprint density at radius 3 is 2.61 bits per heavy atom. The number of nitrogens with zero attached hydrogens (tertiary/aromatic N) is 4. The molecule has 0 aliphatic rings. The van der Waals surface area contributed by atoms with Crippen LogP contribution in [0.4, 0.5) is 0 Å². The molecule has 0 saturated carbocycles. The van der Waals surface area contributed by atoms with Crippen LogP contribution in [0.2, 0.25) is 0 Å². The van der Waals surface area contributed by atoms with E-state index in [1.165, 1.54) is 0 Å². The van der Waals surface area contributed by atoms with Gasteiger partial charge < -0.3 is 14.2 Å². The fourth-order valence-electron chi connectivity index (χ4n) is 3.18. The Morgan fingerprint density at radius 1 is 1.21 bits per heavy atom. The summed E-state index contributed by atoms with van der Waals surface area (Å²) in [6, 6.07) is 7.90. The van der Waals surface area contributed by atoms with E-state index in [4.69, 9.17) is 9.26 Å². The van der Waals surface area contributed by atoms with E-state index >= 15 is 0 Å². The van der Waals surface area contributed by atoms with E-state index in [0.717, 1.165) is 29.1 Å². The van der Waals surface area contributed by atoms with E-state index in [0.29, 0.717) is 17.9 Å². The number of para-hydroxylation sites is 1. The van der Waals surface area contributed by atoms with Gasteiger partial charge in [0.25, 0.3) is 5.91 Å². The summed E-state index contributed by atoms with van der Waals surface area (Å²) >= 11 is 0. The van der Waals surface area contributed by atoms with Crippen LogP contribution in [0.1, 0.15) is 45.6 Å². The molecule has 7 heteroatoms. The zero-order chi connectivity index (χ0) is 20.3. The first-order valence-electron chi connectivity index (χ1n) is 9.32. The summed E-state index contributed by atoms with van der Waals surface area (Å²) in [5.41, 5.74) is 4.02. The number of carbonyl (C=O) groups is 1. The van der Waals surface area contributed by atoms with Gasteiger partial charge in [-0.1, -0.05) is 23.4 Å². The molecule has 28 heavy (non-hydrogen) atoms. The van der Waals surface area contributed by atoms with Crippen LogP contribution in [-0.2, 0) is 19.7 Å². The van der Waals surface area contributed by atoms with Crippen molar-refractivity contribution in [2.24, 2.45) is 0 Å². The highest BCUT2D eigenvalue weighted by molar-refractivity contribution is 5.93. The molecule has 0 unspecified atom stereocenters. The van der Waals surface area contributed by atoms with Gasteiger partial charge in [-0.2, -0.15) is 5.10 Å². The third kappa shape index (κ3) is 3.93. The van der Waals surface area contributed by atoms with Crippen LogP contribution in [-0.4, -0.2) is 32.8 Å². The summed E-state index contributed by atoms with van der Waals surface area (Å²) in [7, 11) is 1.75. The smallest absolute Gasteiger partial charge is 0.276 e. The predicted molar refractivity (Wildman–Crippen MR) is 105 cm³/mol. The normalized spacial score (nSPS) is 10.9. The second-order valence-electron chi connectivity index (χ2n) is 6.88. The van der Waals surface area contributed by atoms with Crippen molar-refractivity contribution in [1.82, 2.24) is 19.8 Å². The highest BCUT2D eigenvalue weighted by Crippen LogP contribution is 2.25. The van der Waals surface area contributed by atoms with Crippen molar-refractivity contribution >= 4 is 5.91 Å². The lowest BCUT2D eigenvalue weighted by atomic mass is 10.1. The summed E-state index contributed by atoms with van der Waals surface area (Å²) in [5, 5.41) is 8.24. The number of benzene rings is 1. The average molecular weight is 382 g/mol. The predicted octanol–water partition coefficient (Wildman–Crippen LogP) is 3.67. The molecule has 3 aromatic rings. The van der Waals surface area contributed by atoms with Crippen LogP contribution in [0.5, 0.6) is 5.75 Å². The Hall–Kier alpha value is -3.09. The van der Waals surface area contributed by atoms with Crippen molar-refractivity contribution in [2.45, 2.75) is 47.4 Å². The lowest BCUT2D eigenvalue weighted by Gasteiger charge is -2.17. The monoisotopic (exact) mass is 382 g/mol. The van der Waals surface area contributed by atoms with E-state index in [9.17, 15) is 4.79 Å². The van der Waals surface area contributed by atoms with Gasteiger partial charge in [0.15, 0.2) is 5.69 Å². The molecule has 1 aromatic carbocycles. The molecule has 0 fully saturated rings. The fourth-order valence-corrected chi connectivity index (χ4v) is 3.18. The van der Waals surface area contributed by atoms with Gasteiger partial charge in [-0.3, -0.25) is 9.48 Å². The second-order valence-corrected chi connectivity index (χ2v) is 6.88. The van der Waals surface area contributed by atoms with Crippen molar-refractivity contribution in [1.29, 1.82) is 0 Å². The molecule has 0 aliphatic carbocycles. The van der Waals surface area contributed by atoms with Gasteiger partial charge in [-0.15, -0.1) is 0 Å². The van der Waals surface area contributed by atoms with Crippen LogP contribution in [0, 0.1) is 20.8 Å². The van der Waals surface area contributed by atoms with Gasteiger partial charge in [-0.05, 0) is 44.9 Å². The maximum atomic E-state index is 13.0. The van der Waals surface area contributed by atoms with Crippen molar-refractivity contribution in [3.05, 3.63) is 64.3 Å². The molecule has 0 aliphatic heterocycles. The van der Waals surface area contributed by atoms with Crippen molar-refractivity contribution in [3.63, 3.8) is 0 Å². The number of rotatable bonds is 7. The minimum atomic E-state index is -0.208. The van der Waals surface area contributed by atoms with E-state index in [-0.39, 0.29) is 18.2 Å². The molecule has 0 spiro atoms. The maximum absolute atomic E-state index is 13.0. The highest BCUT2D eigenvalue weighted by atomic mass is 16.5. The molecule has 0 bridgehead atoms. The molecule has 0 saturated heterocycles. The van der Waals surface area contributed by atoms with Crippen LogP contribution >= 0.6 is 0 Å². The third-order valence-corrected chi connectivity index (χ3v) is 4.81. The molecular formula is C21H26N4O3. The number of carbonyl (C=O) groups excluding carboxylic acids is 1. The fraction of sp³-hybridized carbons (Fsp3) is 0.381. The maximum Gasteiger partial charge on any atom is 0.276 e. The largest absolute Gasteiger partial charge is 0.488 e. The first-order valence-corrected chi connectivity index (χ1v) is 9.32. The first-order chi connectivity index (χ1) is 13.4. The zero-order valence-electron chi connectivity index (χ0n) is 17.0. The van der Waals surface area contributed by atoms with Gasteiger partial charge >= 0.3 is 0 Å². The first kappa shape index (κ1) is 19.7. The van der Waals surface area contributed by atoms with Crippen LogP contribution in [0.3, 0.4) is 0 Å². The SMILES string of the molecule is CCn1nccc1CN(C)C(=O)c1noc(C)c1COc1c(C)cccc1C. The zero-order valence-corrected chi connectivity index (χ0v) is 17.0. The molecule has 3 rings (SSSR count). The number of hydrogen-bond donors (Lipinski definition) is 0. The summed E-state index contributed by atoms with van der Waals surface area (Å²) < 4.78 is 13.2. The number of amides is 1. The number of aromatic nitrogens is 3. The summed E-state index contributed by atoms with van der Waals surface area (Å²) in [6.45, 7) is 9.22. The van der Waals surface area contributed by atoms with E-state index in [2.05, 4.69) is 10.3 Å². The molecule has 148 valence electrons. The highest BCUT2D eigenvalue weighted by Gasteiger charge is 2.24. The minimum absolute atomic E-state index is 0.208. The van der Waals surface area contributed by atoms with Crippen molar-refractivity contribution in [2.75, 3.05) is 7.05 Å². The van der Waals surface area contributed by atoms with E-state index < -0.39 is 0 Å².